The average Bonchev–Trinajstić information content (AvgIpc) is 2.68. The van der Waals surface area contributed by atoms with Crippen LogP contribution in [-0.2, 0) is 19.1 Å². The van der Waals surface area contributed by atoms with E-state index in [4.69, 9.17) is 0 Å². The molecule has 1 amide bonds. The molecule has 6 nitrogen and oxygen atoms in total. The second kappa shape index (κ2) is 6.20. The molecule has 9 heteroatoms. The van der Waals surface area contributed by atoms with E-state index in [0.717, 1.165) is 12.0 Å². The number of halogens is 3. The van der Waals surface area contributed by atoms with Crippen LogP contribution >= 0.6 is 0 Å². The molecule has 1 fully saturated rings. The molecule has 1 rings (SSSR count). The van der Waals surface area contributed by atoms with Crippen LogP contribution in [0.2, 0.25) is 0 Å². The molecule has 0 aromatic carbocycles. The van der Waals surface area contributed by atoms with E-state index in [0.29, 0.717) is 0 Å². The second-order valence-electron chi connectivity index (χ2n) is 4.08. The monoisotopic (exact) mass is 285 g/mol. The highest BCUT2D eigenvalue weighted by molar-refractivity contribution is 5.85. The maximum absolute atomic E-state index is 11.8. The molecule has 0 bridgehead atoms. The predicted molar refractivity (Wildman–Crippen MR) is 55.0 cm³/mol. The molecule has 0 aromatic rings. The zero-order valence-electron chi connectivity index (χ0n) is 10.1. The summed E-state index contributed by atoms with van der Waals surface area (Å²) in [6.07, 6.45) is -5.43. The minimum absolute atomic E-state index is 0.00230. The summed E-state index contributed by atoms with van der Waals surface area (Å²) < 4.78 is 44.2. The number of amides is 1. The van der Waals surface area contributed by atoms with Crippen LogP contribution in [0.5, 0.6) is 0 Å². The van der Waals surface area contributed by atoms with Gasteiger partial charge >= 0.3 is 12.1 Å². The average molecular weight is 285 g/mol. The number of carbonyl (C=O) groups excluding carboxylic acids is 2. The number of carbonyl (C=O) groups is 2. The van der Waals surface area contributed by atoms with Crippen LogP contribution in [0.25, 0.3) is 0 Å². The molecule has 1 saturated heterocycles. The summed E-state index contributed by atoms with van der Waals surface area (Å²) >= 11 is 0. The Balaban J connectivity index is 2.52. The Labute approximate surface area is 107 Å². The number of ether oxygens (including phenoxy) is 2. The van der Waals surface area contributed by atoms with E-state index in [1.54, 1.807) is 0 Å². The molecule has 1 aliphatic heterocycles. The first-order valence-corrected chi connectivity index (χ1v) is 5.44. The molecule has 0 aromatic heterocycles. The lowest BCUT2D eigenvalue weighted by atomic mass is 10.2. The van der Waals surface area contributed by atoms with Gasteiger partial charge in [-0.2, -0.15) is 13.2 Å². The minimum Gasteiger partial charge on any atom is -0.467 e. The Bertz CT molecular complexity index is 347. The SMILES string of the molecule is COC(=O)C1CC(O)CN1C(=O)COCC(F)(F)F. The lowest BCUT2D eigenvalue weighted by Crippen LogP contribution is -2.43. The second-order valence-corrected chi connectivity index (χ2v) is 4.08. The third kappa shape index (κ3) is 4.67. The maximum Gasteiger partial charge on any atom is 0.411 e. The van der Waals surface area contributed by atoms with Gasteiger partial charge in [0, 0.05) is 13.0 Å². The van der Waals surface area contributed by atoms with Gasteiger partial charge in [-0.15, -0.1) is 0 Å². The predicted octanol–water partition coefficient (Wildman–Crippen LogP) is -0.300. The van der Waals surface area contributed by atoms with Crippen molar-refractivity contribution in [3.63, 3.8) is 0 Å². The third-order valence-electron chi connectivity index (χ3n) is 2.56. The van der Waals surface area contributed by atoms with E-state index < -0.39 is 43.4 Å². The number of aliphatic hydroxyl groups excluding tert-OH is 1. The molecule has 0 radical (unpaired) electrons. The fraction of sp³-hybridized carbons (Fsp3) is 0.800. The molecule has 19 heavy (non-hydrogen) atoms. The lowest BCUT2D eigenvalue weighted by Gasteiger charge is -2.22. The number of rotatable bonds is 4. The van der Waals surface area contributed by atoms with Gasteiger partial charge in [-0.05, 0) is 0 Å². The van der Waals surface area contributed by atoms with Gasteiger partial charge in [-0.3, -0.25) is 4.79 Å². The van der Waals surface area contributed by atoms with Gasteiger partial charge in [-0.1, -0.05) is 0 Å². The molecule has 2 unspecified atom stereocenters. The van der Waals surface area contributed by atoms with Crippen LogP contribution in [-0.4, -0.2) is 67.1 Å². The van der Waals surface area contributed by atoms with Crippen molar-refractivity contribution < 1.29 is 37.3 Å². The number of hydrogen-bond donors (Lipinski definition) is 1. The molecular weight excluding hydrogens is 271 g/mol. The third-order valence-corrected chi connectivity index (χ3v) is 2.56. The number of aliphatic hydroxyl groups is 1. The van der Waals surface area contributed by atoms with Crippen LogP contribution in [0.4, 0.5) is 13.2 Å². The molecule has 1 heterocycles. The summed E-state index contributed by atoms with van der Waals surface area (Å²) in [5.74, 6) is -1.52. The Kier molecular flexibility index (Phi) is 5.12. The van der Waals surface area contributed by atoms with E-state index in [1.165, 1.54) is 0 Å². The van der Waals surface area contributed by atoms with Crippen LogP contribution in [0.1, 0.15) is 6.42 Å². The van der Waals surface area contributed by atoms with Gasteiger partial charge in [0.1, 0.15) is 19.3 Å². The van der Waals surface area contributed by atoms with Crippen molar-refractivity contribution in [1.29, 1.82) is 0 Å². The Hall–Kier alpha value is -1.35. The molecule has 1 N–H and O–H groups in total. The van der Waals surface area contributed by atoms with Crippen molar-refractivity contribution in [1.82, 2.24) is 4.90 Å². The van der Waals surface area contributed by atoms with Crippen molar-refractivity contribution in [3.05, 3.63) is 0 Å². The topological polar surface area (TPSA) is 76.1 Å². The van der Waals surface area contributed by atoms with Gasteiger partial charge in [0.2, 0.25) is 5.91 Å². The quantitative estimate of drug-likeness (QED) is 0.718. The first kappa shape index (κ1) is 15.7. The number of nitrogens with zero attached hydrogens (tertiary/aromatic N) is 1. The highest BCUT2D eigenvalue weighted by atomic mass is 19.4. The number of esters is 1. The molecule has 110 valence electrons. The van der Waals surface area contributed by atoms with Crippen molar-refractivity contribution in [2.24, 2.45) is 0 Å². The van der Waals surface area contributed by atoms with Crippen molar-refractivity contribution in [2.45, 2.75) is 24.7 Å². The first-order valence-electron chi connectivity index (χ1n) is 5.44. The zero-order chi connectivity index (χ0) is 14.6. The largest absolute Gasteiger partial charge is 0.467 e. The van der Waals surface area contributed by atoms with E-state index in [1.807, 2.05) is 0 Å². The Morgan fingerprint density at radius 3 is 2.58 bits per heavy atom. The minimum atomic E-state index is -4.52. The lowest BCUT2D eigenvalue weighted by molar-refractivity contribution is -0.179. The van der Waals surface area contributed by atoms with E-state index in [2.05, 4.69) is 9.47 Å². The summed E-state index contributed by atoms with van der Waals surface area (Å²) in [6, 6.07) is -0.984. The molecule has 1 aliphatic rings. The van der Waals surface area contributed by atoms with Gasteiger partial charge in [-0.25, -0.2) is 4.79 Å². The fourth-order valence-corrected chi connectivity index (χ4v) is 1.79. The normalized spacial score (nSPS) is 23.5. The van der Waals surface area contributed by atoms with Gasteiger partial charge in [0.15, 0.2) is 0 Å². The molecule has 0 spiro atoms. The smallest absolute Gasteiger partial charge is 0.411 e. The molecule has 0 saturated carbocycles. The van der Waals surface area contributed by atoms with E-state index in [9.17, 15) is 27.9 Å². The van der Waals surface area contributed by atoms with E-state index >= 15 is 0 Å². The van der Waals surface area contributed by atoms with Crippen molar-refractivity contribution >= 4 is 11.9 Å². The van der Waals surface area contributed by atoms with Crippen LogP contribution in [0, 0.1) is 0 Å². The highest BCUT2D eigenvalue weighted by Crippen LogP contribution is 2.20. The fourth-order valence-electron chi connectivity index (χ4n) is 1.79. The standard InChI is InChI=1S/C10H14F3NO5/c1-18-9(17)7-2-6(15)3-14(7)8(16)4-19-5-10(11,12)13/h6-7,15H,2-5H2,1H3. The molecule has 0 aliphatic carbocycles. The molecular formula is C10H14F3NO5. The van der Waals surface area contributed by atoms with Crippen LogP contribution < -0.4 is 0 Å². The number of likely N-dealkylation sites (tertiary alicyclic amines) is 1. The zero-order valence-corrected chi connectivity index (χ0v) is 10.1. The number of β-amino-alcohol motifs (C(OH)–C–C–N with tert-alkyl or cyclic N) is 1. The summed E-state index contributed by atoms with van der Waals surface area (Å²) in [4.78, 5) is 23.9. The maximum atomic E-state index is 11.8. The Morgan fingerprint density at radius 2 is 2.05 bits per heavy atom. The molecule has 2 atom stereocenters. The summed E-state index contributed by atoms with van der Waals surface area (Å²) in [6.45, 7) is -2.48. The number of methoxy groups -OCH3 is 1. The van der Waals surface area contributed by atoms with Gasteiger partial charge < -0.3 is 19.5 Å². The highest BCUT2D eigenvalue weighted by Gasteiger charge is 2.39. The summed E-state index contributed by atoms with van der Waals surface area (Å²) in [5.41, 5.74) is 0. The first-order chi connectivity index (χ1) is 8.74. The number of alkyl halides is 3. The van der Waals surface area contributed by atoms with Crippen LogP contribution in [0.15, 0.2) is 0 Å². The van der Waals surface area contributed by atoms with Gasteiger partial charge in [0.25, 0.3) is 0 Å². The van der Waals surface area contributed by atoms with Crippen molar-refractivity contribution in [2.75, 3.05) is 26.9 Å². The summed E-state index contributed by atoms with van der Waals surface area (Å²) in [7, 11) is 1.12. The summed E-state index contributed by atoms with van der Waals surface area (Å²) in [5, 5.41) is 9.40. The van der Waals surface area contributed by atoms with Crippen molar-refractivity contribution in [3.8, 4) is 0 Å². The van der Waals surface area contributed by atoms with E-state index in [-0.39, 0.29) is 13.0 Å². The van der Waals surface area contributed by atoms with Crippen LogP contribution in [0.3, 0.4) is 0 Å². The Morgan fingerprint density at radius 1 is 1.42 bits per heavy atom. The van der Waals surface area contributed by atoms with Gasteiger partial charge in [0.05, 0.1) is 13.2 Å². The number of hydrogen-bond acceptors (Lipinski definition) is 5.